The molecule has 1 spiro atoms. The Hall–Kier alpha value is -0.783. The van der Waals surface area contributed by atoms with Crippen LogP contribution in [0.25, 0.3) is 0 Å². The first-order valence-corrected chi connectivity index (χ1v) is 13.6. The number of ether oxygens (including phenoxy) is 1. The molecular weight excluding hydrogens is 360 g/mol. The number of rotatable bonds is 4. The summed E-state index contributed by atoms with van der Waals surface area (Å²) in [5.74, 6) is 0.684. The van der Waals surface area contributed by atoms with Crippen LogP contribution in [0, 0.1) is 0 Å². The summed E-state index contributed by atoms with van der Waals surface area (Å²) in [6, 6.07) is 9.31. The highest BCUT2D eigenvalue weighted by Crippen LogP contribution is 2.53. The van der Waals surface area contributed by atoms with Crippen molar-refractivity contribution in [2.24, 2.45) is 0 Å². The van der Waals surface area contributed by atoms with Crippen LogP contribution in [0.1, 0.15) is 56.8 Å². The zero-order valence-corrected chi connectivity index (χ0v) is 18.5. The van der Waals surface area contributed by atoms with E-state index in [9.17, 15) is 4.79 Å². The number of esters is 1. The Balaban J connectivity index is 1.65. The molecule has 0 radical (unpaired) electrons. The van der Waals surface area contributed by atoms with E-state index < -0.39 is 8.32 Å². The van der Waals surface area contributed by atoms with Crippen LogP contribution in [-0.4, -0.2) is 37.0 Å². The maximum absolute atomic E-state index is 12.4. The molecule has 1 saturated carbocycles. The summed E-state index contributed by atoms with van der Waals surface area (Å²) in [4.78, 5) is 12.4. The lowest BCUT2D eigenvalue weighted by Gasteiger charge is -2.42. The van der Waals surface area contributed by atoms with Gasteiger partial charge in [0.1, 0.15) is 6.10 Å². The highest BCUT2D eigenvalue weighted by atomic mass is 32.2. The molecule has 5 heteroatoms. The first-order valence-electron chi connectivity index (χ1n) is 9.71. The highest BCUT2D eigenvalue weighted by molar-refractivity contribution is 8.01. The Morgan fingerprint density at radius 1 is 1.23 bits per heavy atom. The van der Waals surface area contributed by atoms with Gasteiger partial charge in [-0.15, -0.1) is 11.8 Å². The third-order valence-electron chi connectivity index (χ3n) is 6.31. The highest BCUT2D eigenvalue weighted by Gasteiger charge is 2.53. The first kappa shape index (κ1) is 20.0. The number of carbonyl (C=O) groups is 1. The molecule has 3 rings (SSSR count). The summed E-state index contributed by atoms with van der Waals surface area (Å²) in [7, 11) is -1.79. The first-order chi connectivity index (χ1) is 12.1. The summed E-state index contributed by atoms with van der Waals surface area (Å²) in [5.41, 5.74) is 0.638. The van der Waals surface area contributed by atoms with E-state index in [2.05, 4.69) is 33.9 Å². The van der Waals surface area contributed by atoms with E-state index in [0.717, 1.165) is 18.6 Å². The molecule has 1 aromatic carbocycles. The van der Waals surface area contributed by atoms with E-state index in [1.54, 1.807) is 0 Å². The third kappa shape index (κ3) is 4.05. The average molecular weight is 393 g/mol. The fourth-order valence-corrected chi connectivity index (χ4v) is 6.88. The van der Waals surface area contributed by atoms with Gasteiger partial charge in [-0.05, 0) is 49.5 Å². The second-order valence-electron chi connectivity index (χ2n) is 9.23. The predicted molar refractivity (Wildman–Crippen MR) is 111 cm³/mol. The van der Waals surface area contributed by atoms with Crippen molar-refractivity contribution in [2.75, 3.05) is 5.75 Å². The predicted octanol–water partition coefficient (Wildman–Crippen LogP) is 5.66. The maximum atomic E-state index is 12.4. The fourth-order valence-electron chi connectivity index (χ4n) is 3.74. The Morgan fingerprint density at radius 2 is 1.92 bits per heavy atom. The van der Waals surface area contributed by atoms with Gasteiger partial charge in [-0.3, -0.25) is 0 Å². The lowest BCUT2D eigenvalue weighted by molar-refractivity contribution is 0.0301. The van der Waals surface area contributed by atoms with Crippen molar-refractivity contribution in [1.29, 1.82) is 0 Å². The Kier molecular flexibility index (Phi) is 5.62. The topological polar surface area (TPSA) is 35.5 Å². The van der Waals surface area contributed by atoms with Gasteiger partial charge in [-0.25, -0.2) is 4.79 Å². The zero-order valence-electron chi connectivity index (χ0n) is 16.7. The summed E-state index contributed by atoms with van der Waals surface area (Å²) in [6.45, 7) is 11.6. The van der Waals surface area contributed by atoms with Gasteiger partial charge >= 0.3 is 5.97 Å². The van der Waals surface area contributed by atoms with Gasteiger partial charge in [0.2, 0.25) is 0 Å². The van der Waals surface area contributed by atoms with E-state index >= 15 is 0 Å². The summed E-state index contributed by atoms with van der Waals surface area (Å²) in [6.07, 6.45) is 4.75. The molecule has 1 aliphatic heterocycles. The standard InChI is InChI=1S/C21H32O3SSi/c1-20(2,3)26(4,5)24-18-12-9-13-21(18)14-17(15-25-21)23-19(22)16-10-7-6-8-11-16/h6-8,10-11,17-18H,9,12-15H2,1-5H3/t17?,18-,21-/m0/s1. The molecule has 1 unspecified atom stereocenters. The lowest BCUT2D eigenvalue weighted by Crippen LogP contribution is -2.48. The molecule has 144 valence electrons. The minimum absolute atomic E-state index is 0.00341. The SMILES string of the molecule is CC(C)(C)[Si](C)(C)O[C@H]1CCC[C@]12CC(OC(=O)c1ccccc1)CS2. The van der Waals surface area contributed by atoms with Crippen LogP contribution in [0.15, 0.2) is 30.3 Å². The van der Waals surface area contributed by atoms with Crippen LogP contribution in [0.5, 0.6) is 0 Å². The molecule has 2 aliphatic rings. The normalized spacial score (nSPS) is 29.3. The number of hydrogen-bond donors (Lipinski definition) is 0. The molecule has 3 atom stereocenters. The number of carbonyl (C=O) groups excluding carboxylic acids is 1. The maximum Gasteiger partial charge on any atom is 0.338 e. The molecule has 1 heterocycles. The van der Waals surface area contributed by atoms with Crippen molar-refractivity contribution >= 4 is 26.0 Å². The van der Waals surface area contributed by atoms with Crippen LogP contribution in [-0.2, 0) is 9.16 Å². The summed E-state index contributed by atoms with van der Waals surface area (Å²) in [5, 5.41) is 0.221. The lowest BCUT2D eigenvalue weighted by atomic mass is 9.98. The van der Waals surface area contributed by atoms with E-state index in [-0.39, 0.29) is 21.9 Å². The molecule has 0 N–H and O–H groups in total. The van der Waals surface area contributed by atoms with Gasteiger partial charge < -0.3 is 9.16 Å². The zero-order chi connectivity index (χ0) is 19.0. The second kappa shape index (κ2) is 7.32. The van der Waals surface area contributed by atoms with Crippen molar-refractivity contribution in [2.45, 2.75) is 81.5 Å². The number of benzene rings is 1. The number of hydrogen-bond acceptors (Lipinski definition) is 4. The van der Waals surface area contributed by atoms with Crippen LogP contribution >= 0.6 is 11.8 Å². The fraction of sp³-hybridized carbons (Fsp3) is 0.667. The quantitative estimate of drug-likeness (QED) is 0.489. The smallest absolute Gasteiger partial charge is 0.338 e. The molecule has 1 aliphatic carbocycles. The summed E-state index contributed by atoms with van der Waals surface area (Å²) < 4.78 is 12.8. The number of thioether (sulfide) groups is 1. The molecule has 0 aromatic heterocycles. The van der Waals surface area contributed by atoms with Crippen LogP contribution < -0.4 is 0 Å². The van der Waals surface area contributed by atoms with E-state index in [0.29, 0.717) is 11.7 Å². The molecule has 1 saturated heterocycles. The Labute approximate surface area is 163 Å². The van der Waals surface area contributed by atoms with Crippen LogP contribution in [0.4, 0.5) is 0 Å². The van der Waals surface area contributed by atoms with Crippen molar-refractivity contribution in [3.63, 3.8) is 0 Å². The van der Waals surface area contributed by atoms with Gasteiger partial charge in [0, 0.05) is 16.9 Å². The molecule has 0 bridgehead atoms. The molecule has 2 fully saturated rings. The Bertz CT molecular complexity index is 640. The van der Waals surface area contributed by atoms with E-state index in [1.165, 1.54) is 12.8 Å². The van der Waals surface area contributed by atoms with E-state index in [1.807, 2.05) is 42.1 Å². The van der Waals surface area contributed by atoms with Gasteiger partial charge in [-0.2, -0.15) is 0 Å². The molecule has 1 aromatic rings. The minimum atomic E-state index is -1.79. The van der Waals surface area contributed by atoms with Gasteiger partial charge in [0.25, 0.3) is 0 Å². The van der Waals surface area contributed by atoms with Crippen molar-refractivity contribution in [3.8, 4) is 0 Å². The Morgan fingerprint density at radius 3 is 2.58 bits per heavy atom. The molecular formula is C21H32O3SSi. The largest absolute Gasteiger partial charge is 0.458 e. The van der Waals surface area contributed by atoms with Crippen molar-refractivity contribution < 1.29 is 14.0 Å². The minimum Gasteiger partial charge on any atom is -0.458 e. The second-order valence-corrected chi connectivity index (χ2v) is 15.4. The van der Waals surface area contributed by atoms with Crippen molar-refractivity contribution in [1.82, 2.24) is 0 Å². The van der Waals surface area contributed by atoms with Gasteiger partial charge in [0.05, 0.1) is 11.7 Å². The van der Waals surface area contributed by atoms with Crippen LogP contribution in [0.2, 0.25) is 18.1 Å². The molecule has 26 heavy (non-hydrogen) atoms. The summed E-state index contributed by atoms with van der Waals surface area (Å²) >= 11 is 1.98. The third-order valence-corrected chi connectivity index (χ3v) is 12.5. The van der Waals surface area contributed by atoms with E-state index in [4.69, 9.17) is 9.16 Å². The van der Waals surface area contributed by atoms with Gasteiger partial charge in [0.15, 0.2) is 8.32 Å². The molecule has 0 amide bonds. The molecule has 3 nitrogen and oxygen atoms in total. The van der Waals surface area contributed by atoms with Gasteiger partial charge in [-0.1, -0.05) is 39.0 Å². The average Bonchev–Trinajstić information content (AvgIpc) is 3.14. The van der Waals surface area contributed by atoms with Crippen LogP contribution in [0.3, 0.4) is 0 Å². The van der Waals surface area contributed by atoms with Crippen molar-refractivity contribution in [3.05, 3.63) is 35.9 Å². The monoisotopic (exact) mass is 392 g/mol.